The summed E-state index contributed by atoms with van der Waals surface area (Å²) in [5.74, 6) is -1.21. The minimum atomic E-state index is -1.21. The number of non-ortho nitro benzene ring substituents is 1. The van der Waals surface area contributed by atoms with Gasteiger partial charge in [-0.05, 0) is 11.6 Å². The Kier molecular flexibility index (Phi) is 3.21. The summed E-state index contributed by atoms with van der Waals surface area (Å²) in [5.41, 5.74) is -0.148. The fourth-order valence-electron chi connectivity index (χ4n) is 0.977. The Hall–Kier alpha value is -1.69. The van der Waals surface area contributed by atoms with E-state index in [0.717, 1.165) is 0 Å². The molecule has 0 aliphatic heterocycles. The Morgan fingerprint density at radius 3 is 2.53 bits per heavy atom. The van der Waals surface area contributed by atoms with E-state index in [1.807, 2.05) is 0 Å². The number of benzene rings is 1. The zero-order valence-corrected chi connectivity index (χ0v) is 9.02. The third-order valence-electron chi connectivity index (χ3n) is 1.70. The van der Waals surface area contributed by atoms with Gasteiger partial charge in [-0.15, -0.1) is 0 Å². The van der Waals surface area contributed by atoms with Gasteiger partial charge < -0.3 is 5.11 Å². The number of halogens is 1. The predicted octanol–water partition coefficient (Wildman–Crippen LogP) is 2.46. The number of nitrogens with zero attached hydrogens (tertiary/aromatic N) is 1. The van der Waals surface area contributed by atoms with E-state index in [1.165, 1.54) is 18.2 Å². The van der Waals surface area contributed by atoms with Crippen molar-refractivity contribution >= 4 is 33.2 Å². The normalized spacial score (nSPS) is 9.67. The summed E-state index contributed by atoms with van der Waals surface area (Å²) in [5, 5.41) is 19.2. The van der Waals surface area contributed by atoms with Gasteiger partial charge in [-0.25, -0.2) is 4.79 Å². The number of aliphatic carboxylic acids is 1. The van der Waals surface area contributed by atoms with E-state index in [-0.39, 0.29) is 16.8 Å². The summed E-state index contributed by atoms with van der Waals surface area (Å²) in [6.45, 7) is 3.32. The molecule has 1 N–H and O–H groups in total. The molecule has 0 atom stereocenters. The second kappa shape index (κ2) is 4.22. The van der Waals surface area contributed by atoms with E-state index in [2.05, 4.69) is 22.5 Å². The maximum atomic E-state index is 10.6. The van der Waals surface area contributed by atoms with Gasteiger partial charge in [0.1, 0.15) is 0 Å². The predicted molar refractivity (Wildman–Crippen MR) is 57.5 cm³/mol. The van der Waals surface area contributed by atoms with Crippen LogP contribution in [0.5, 0.6) is 0 Å². The van der Waals surface area contributed by atoms with Crippen molar-refractivity contribution in [3.05, 3.63) is 44.9 Å². The van der Waals surface area contributed by atoms with Gasteiger partial charge in [0, 0.05) is 16.6 Å². The average molecular weight is 272 g/mol. The summed E-state index contributed by atoms with van der Waals surface area (Å²) in [4.78, 5) is 20.5. The van der Waals surface area contributed by atoms with Gasteiger partial charge in [0.2, 0.25) is 0 Å². The highest BCUT2D eigenvalue weighted by molar-refractivity contribution is 9.10. The summed E-state index contributed by atoms with van der Waals surface area (Å²) in [7, 11) is 0. The Morgan fingerprint density at radius 1 is 1.47 bits per heavy atom. The second-order valence-corrected chi connectivity index (χ2v) is 3.65. The molecule has 0 spiro atoms. The van der Waals surface area contributed by atoms with Crippen LogP contribution in [0.15, 0.2) is 29.3 Å². The first-order valence-electron chi connectivity index (χ1n) is 3.79. The molecule has 0 bridgehead atoms. The molecule has 0 fully saturated rings. The molecule has 0 saturated carbocycles. The van der Waals surface area contributed by atoms with Crippen molar-refractivity contribution in [2.75, 3.05) is 0 Å². The molecular formula is C9H6BrNO4. The van der Waals surface area contributed by atoms with Gasteiger partial charge in [0.15, 0.2) is 0 Å². The monoisotopic (exact) mass is 271 g/mol. The lowest BCUT2D eigenvalue weighted by molar-refractivity contribution is -0.384. The highest BCUT2D eigenvalue weighted by Gasteiger charge is 2.13. The van der Waals surface area contributed by atoms with Crippen molar-refractivity contribution in [2.45, 2.75) is 0 Å². The molecule has 15 heavy (non-hydrogen) atoms. The molecule has 0 aliphatic rings. The summed E-state index contributed by atoms with van der Waals surface area (Å²) < 4.78 is 0.439. The van der Waals surface area contributed by atoms with Crippen molar-refractivity contribution in [1.82, 2.24) is 0 Å². The number of hydrogen-bond donors (Lipinski definition) is 1. The molecule has 1 aromatic carbocycles. The van der Waals surface area contributed by atoms with E-state index >= 15 is 0 Å². The first kappa shape index (κ1) is 11.4. The van der Waals surface area contributed by atoms with Gasteiger partial charge in [-0.3, -0.25) is 10.1 Å². The third kappa shape index (κ3) is 2.63. The molecular weight excluding hydrogens is 266 g/mol. The Morgan fingerprint density at radius 2 is 2.07 bits per heavy atom. The highest BCUT2D eigenvalue weighted by atomic mass is 79.9. The van der Waals surface area contributed by atoms with E-state index < -0.39 is 10.9 Å². The van der Waals surface area contributed by atoms with E-state index in [4.69, 9.17) is 5.11 Å². The number of rotatable bonds is 3. The van der Waals surface area contributed by atoms with Gasteiger partial charge in [-0.2, -0.15) is 0 Å². The van der Waals surface area contributed by atoms with E-state index in [0.29, 0.717) is 4.47 Å². The SMILES string of the molecule is C=C(C(=O)O)c1cc(Br)cc([N+](=O)[O-])c1. The number of carboxylic acids is 1. The summed E-state index contributed by atoms with van der Waals surface area (Å²) in [6.07, 6.45) is 0. The lowest BCUT2D eigenvalue weighted by Crippen LogP contribution is -1.99. The number of nitro benzene ring substituents is 1. The molecule has 5 nitrogen and oxygen atoms in total. The molecule has 6 heteroatoms. The van der Waals surface area contributed by atoms with E-state index in [9.17, 15) is 14.9 Å². The molecule has 0 amide bonds. The van der Waals surface area contributed by atoms with Crippen LogP contribution in [-0.4, -0.2) is 16.0 Å². The Bertz CT molecular complexity index is 455. The molecule has 1 aromatic rings. The number of nitro groups is 1. The topological polar surface area (TPSA) is 80.4 Å². The largest absolute Gasteiger partial charge is 0.478 e. The number of carbonyl (C=O) groups is 1. The summed E-state index contributed by atoms with van der Waals surface area (Å²) >= 11 is 3.06. The van der Waals surface area contributed by atoms with Crippen LogP contribution in [0, 0.1) is 10.1 Å². The fraction of sp³-hybridized carbons (Fsp3) is 0. The first-order chi connectivity index (χ1) is 6.91. The van der Waals surface area contributed by atoms with Crippen LogP contribution >= 0.6 is 15.9 Å². The highest BCUT2D eigenvalue weighted by Crippen LogP contribution is 2.25. The molecule has 78 valence electrons. The molecule has 0 aromatic heterocycles. The summed E-state index contributed by atoms with van der Waals surface area (Å²) in [6, 6.07) is 3.92. The van der Waals surface area contributed by atoms with Crippen molar-refractivity contribution in [2.24, 2.45) is 0 Å². The van der Waals surface area contributed by atoms with Crippen molar-refractivity contribution in [1.29, 1.82) is 0 Å². The minimum absolute atomic E-state index is 0.179. The van der Waals surface area contributed by atoms with Gasteiger partial charge >= 0.3 is 5.97 Å². The zero-order valence-electron chi connectivity index (χ0n) is 7.44. The molecule has 0 radical (unpaired) electrons. The fourth-order valence-corrected chi connectivity index (χ4v) is 1.46. The van der Waals surface area contributed by atoms with E-state index in [1.54, 1.807) is 0 Å². The third-order valence-corrected chi connectivity index (χ3v) is 2.16. The minimum Gasteiger partial charge on any atom is -0.478 e. The maximum absolute atomic E-state index is 10.6. The molecule has 0 unspecified atom stereocenters. The van der Waals surface area contributed by atoms with Gasteiger partial charge in [-0.1, -0.05) is 22.5 Å². The molecule has 0 saturated heterocycles. The van der Waals surface area contributed by atoms with Crippen LogP contribution in [0.4, 0.5) is 5.69 Å². The standard InChI is InChI=1S/C9H6BrNO4/c1-5(9(12)13)6-2-7(10)4-8(3-6)11(14)15/h2-4H,1H2,(H,12,13). The number of hydrogen-bond acceptors (Lipinski definition) is 3. The van der Waals surface area contributed by atoms with Crippen LogP contribution in [0.2, 0.25) is 0 Å². The van der Waals surface area contributed by atoms with Crippen molar-refractivity contribution in [3.63, 3.8) is 0 Å². The molecule has 1 rings (SSSR count). The average Bonchev–Trinajstić information content (AvgIpc) is 2.15. The second-order valence-electron chi connectivity index (χ2n) is 2.74. The first-order valence-corrected chi connectivity index (χ1v) is 4.58. The molecule has 0 heterocycles. The maximum Gasteiger partial charge on any atom is 0.335 e. The van der Waals surface area contributed by atoms with Gasteiger partial charge in [0.25, 0.3) is 5.69 Å². The van der Waals surface area contributed by atoms with Crippen LogP contribution in [0.1, 0.15) is 5.56 Å². The zero-order chi connectivity index (χ0) is 11.6. The smallest absolute Gasteiger partial charge is 0.335 e. The van der Waals surface area contributed by atoms with Crippen LogP contribution in [-0.2, 0) is 4.79 Å². The molecule has 0 aliphatic carbocycles. The van der Waals surface area contributed by atoms with Crippen molar-refractivity contribution in [3.8, 4) is 0 Å². The lowest BCUT2D eigenvalue weighted by Gasteiger charge is -2.01. The van der Waals surface area contributed by atoms with Gasteiger partial charge in [0.05, 0.1) is 10.5 Å². The Labute approximate surface area is 93.3 Å². The van der Waals surface area contributed by atoms with Crippen LogP contribution in [0.3, 0.4) is 0 Å². The number of carboxylic acid groups (broad SMARTS) is 1. The Balaban J connectivity index is 3.26. The van der Waals surface area contributed by atoms with Crippen LogP contribution in [0.25, 0.3) is 5.57 Å². The lowest BCUT2D eigenvalue weighted by atomic mass is 10.1. The van der Waals surface area contributed by atoms with Crippen LogP contribution < -0.4 is 0 Å². The quantitative estimate of drug-likeness (QED) is 0.520. The van der Waals surface area contributed by atoms with Crippen molar-refractivity contribution < 1.29 is 14.8 Å².